The van der Waals surface area contributed by atoms with Crippen molar-refractivity contribution in [2.75, 3.05) is 49.2 Å². The summed E-state index contributed by atoms with van der Waals surface area (Å²) in [6, 6.07) is 59.7. The Bertz CT molecular complexity index is 2780. The summed E-state index contributed by atoms with van der Waals surface area (Å²) in [6.07, 6.45) is 0. The van der Waals surface area contributed by atoms with E-state index < -0.39 is 0 Å². The molecule has 0 fully saturated rings. The average molecular weight is 839 g/mol. The van der Waals surface area contributed by atoms with Gasteiger partial charge < -0.3 is 19.3 Å². The number of azo groups is 2. The first-order valence-corrected chi connectivity index (χ1v) is 21.4. The Balaban J connectivity index is 0.992. The van der Waals surface area contributed by atoms with E-state index in [1.165, 1.54) is 0 Å². The molecule has 0 aliphatic heterocycles. The van der Waals surface area contributed by atoms with Crippen LogP contribution in [-0.2, 0) is 0 Å². The van der Waals surface area contributed by atoms with Crippen LogP contribution in [0.4, 0.5) is 34.1 Å². The summed E-state index contributed by atoms with van der Waals surface area (Å²) >= 11 is 0. The van der Waals surface area contributed by atoms with E-state index in [1.807, 2.05) is 24.3 Å². The highest BCUT2D eigenvalue weighted by atomic mass is 16.5. The second kappa shape index (κ2) is 20.5. The van der Waals surface area contributed by atoms with Crippen LogP contribution < -0.4 is 19.3 Å². The predicted molar refractivity (Wildman–Crippen MR) is 257 cm³/mol. The van der Waals surface area contributed by atoms with Gasteiger partial charge >= 0.3 is 0 Å². The molecule has 314 valence electrons. The summed E-state index contributed by atoms with van der Waals surface area (Å²) in [5, 5.41) is 40.0. The Morgan fingerprint density at radius 1 is 0.422 bits per heavy atom. The van der Waals surface area contributed by atoms with Crippen molar-refractivity contribution in [2.24, 2.45) is 20.5 Å². The fourth-order valence-corrected chi connectivity index (χ4v) is 7.63. The molecule has 10 nitrogen and oxygen atoms in total. The number of likely N-dealkylation sites (N-methyl/N-ethyl adjacent to an activating group) is 2. The second-order valence-corrected chi connectivity index (χ2v) is 14.9. The normalized spacial score (nSPS) is 11.2. The zero-order valence-electron chi connectivity index (χ0n) is 35.8. The molecule has 0 amide bonds. The Kier molecular flexibility index (Phi) is 13.6. The van der Waals surface area contributed by atoms with Gasteiger partial charge in [0.1, 0.15) is 24.7 Å². The van der Waals surface area contributed by atoms with Gasteiger partial charge in [0, 0.05) is 35.6 Å². The number of hydrogen-bond acceptors (Lipinski definition) is 10. The first-order chi connectivity index (χ1) is 31.5. The summed E-state index contributed by atoms with van der Waals surface area (Å²) in [7, 11) is 0. The van der Waals surface area contributed by atoms with E-state index in [0.717, 1.165) is 80.0 Å². The molecular formula is C54H46N8O2. The maximum absolute atomic E-state index is 9.07. The van der Waals surface area contributed by atoms with E-state index in [4.69, 9.17) is 20.0 Å². The van der Waals surface area contributed by atoms with Gasteiger partial charge in [0.2, 0.25) is 0 Å². The van der Waals surface area contributed by atoms with Gasteiger partial charge in [-0.2, -0.15) is 31.0 Å². The number of fused-ring (bicyclic) bond motifs is 2. The van der Waals surface area contributed by atoms with E-state index in [1.54, 1.807) is 48.5 Å². The monoisotopic (exact) mass is 838 g/mol. The molecule has 8 aromatic rings. The van der Waals surface area contributed by atoms with Crippen molar-refractivity contribution >= 4 is 55.7 Å². The summed E-state index contributed by atoms with van der Waals surface area (Å²) in [5.74, 6) is 1.59. The molecule has 0 unspecified atom stereocenters. The van der Waals surface area contributed by atoms with Crippen LogP contribution in [0.5, 0.6) is 11.5 Å². The van der Waals surface area contributed by atoms with Gasteiger partial charge in [-0.15, -0.1) is 0 Å². The number of anilines is 2. The molecule has 0 aromatic heterocycles. The van der Waals surface area contributed by atoms with Crippen LogP contribution in [0.2, 0.25) is 0 Å². The first-order valence-electron chi connectivity index (χ1n) is 21.4. The Hall–Kier alpha value is -8.34. The van der Waals surface area contributed by atoms with E-state index in [0.29, 0.717) is 48.8 Å². The van der Waals surface area contributed by atoms with Gasteiger partial charge in [0.05, 0.1) is 59.1 Å². The zero-order chi connectivity index (χ0) is 44.1. The fraction of sp³-hybridized carbons (Fsp3) is 0.148. The van der Waals surface area contributed by atoms with Crippen LogP contribution in [0.25, 0.3) is 32.7 Å². The number of nitriles is 2. The number of rotatable bonds is 17. The van der Waals surface area contributed by atoms with E-state index >= 15 is 0 Å². The van der Waals surface area contributed by atoms with Gasteiger partial charge in [-0.1, -0.05) is 60.7 Å². The van der Waals surface area contributed by atoms with Crippen molar-refractivity contribution in [3.63, 3.8) is 0 Å². The highest BCUT2D eigenvalue weighted by Gasteiger charge is 2.20. The van der Waals surface area contributed by atoms with Crippen molar-refractivity contribution in [1.29, 1.82) is 10.5 Å². The molecule has 0 saturated heterocycles. The van der Waals surface area contributed by atoms with Crippen molar-refractivity contribution in [3.8, 4) is 34.8 Å². The molecule has 64 heavy (non-hydrogen) atoms. The molecule has 0 bridgehead atoms. The van der Waals surface area contributed by atoms with Crippen LogP contribution in [-0.4, -0.2) is 39.4 Å². The molecule has 0 radical (unpaired) electrons. The zero-order valence-corrected chi connectivity index (χ0v) is 35.8. The van der Waals surface area contributed by atoms with Gasteiger partial charge in [-0.05, 0) is 145 Å². The quantitative estimate of drug-likeness (QED) is 0.0842. The topological polar surface area (TPSA) is 122 Å². The van der Waals surface area contributed by atoms with Crippen LogP contribution in [0, 0.1) is 22.7 Å². The third-order valence-corrected chi connectivity index (χ3v) is 11.0. The third-order valence-electron chi connectivity index (χ3n) is 11.0. The number of hydrogen-bond donors (Lipinski definition) is 0. The molecule has 0 aliphatic carbocycles. The van der Waals surface area contributed by atoms with Crippen molar-refractivity contribution in [3.05, 3.63) is 181 Å². The molecule has 0 atom stereocenters. The minimum Gasteiger partial charge on any atom is -0.491 e. The lowest BCUT2D eigenvalue weighted by atomic mass is 9.92. The summed E-state index contributed by atoms with van der Waals surface area (Å²) in [4.78, 5) is 4.56. The molecule has 10 heteroatoms. The predicted octanol–water partition coefficient (Wildman–Crippen LogP) is 14.0. The maximum atomic E-state index is 9.07. The minimum atomic E-state index is 0.460. The molecular weight excluding hydrogens is 793 g/mol. The Morgan fingerprint density at radius 2 is 0.766 bits per heavy atom. The van der Waals surface area contributed by atoms with Gasteiger partial charge in [0.25, 0.3) is 0 Å². The SMILES string of the molecule is CCN(CCOc1ccc2ccccc2c1-c1c(OCCN(CC)c2ccc(N=Nc3ccc(C#N)cc3)cc2)ccc2ccccc12)c1ccc(N=Nc2ccc(C#N)cc2)cc1. The average Bonchev–Trinajstić information content (AvgIpc) is 3.36. The fourth-order valence-electron chi connectivity index (χ4n) is 7.63. The Labute approximate surface area is 373 Å². The van der Waals surface area contributed by atoms with Gasteiger partial charge in [-0.25, -0.2) is 0 Å². The smallest absolute Gasteiger partial charge is 0.128 e. The molecule has 8 aromatic carbocycles. The molecule has 0 heterocycles. The minimum absolute atomic E-state index is 0.460. The lowest BCUT2D eigenvalue weighted by molar-refractivity contribution is 0.321. The molecule has 0 spiro atoms. The van der Waals surface area contributed by atoms with Crippen LogP contribution in [0.3, 0.4) is 0 Å². The van der Waals surface area contributed by atoms with Crippen LogP contribution in [0.1, 0.15) is 25.0 Å². The van der Waals surface area contributed by atoms with E-state index in [2.05, 4.69) is 153 Å². The lowest BCUT2D eigenvalue weighted by Gasteiger charge is -2.25. The van der Waals surface area contributed by atoms with Gasteiger partial charge in [-0.3, -0.25) is 0 Å². The Morgan fingerprint density at radius 3 is 1.11 bits per heavy atom. The summed E-state index contributed by atoms with van der Waals surface area (Å²) in [6.45, 7) is 8.13. The van der Waals surface area contributed by atoms with Crippen molar-refractivity contribution in [2.45, 2.75) is 13.8 Å². The van der Waals surface area contributed by atoms with Crippen molar-refractivity contribution < 1.29 is 9.47 Å². The molecule has 0 saturated carbocycles. The summed E-state index contributed by atoms with van der Waals surface area (Å²) < 4.78 is 13.6. The van der Waals surface area contributed by atoms with Gasteiger partial charge in [0.15, 0.2) is 0 Å². The lowest BCUT2D eigenvalue weighted by Crippen LogP contribution is -2.28. The molecule has 0 N–H and O–H groups in total. The highest BCUT2D eigenvalue weighted by Crippen LogP contribution is 2.45. The van der Waals surface area contributed by atoms with E-state index in [9.17, 15) is 0 Å². The standard InChI is InChI=1S/C54H46N8O2/c1-3-61(47-27-23-45(24-28-47)59-57-43-19-13-39(37-55)14-20-43)33-35-63-51-31-17-41-9-5-7-11-49(41)53(51)54-50-12-8-6-10-42(50)18-32-52(54)64-36-34-62(4-2)48-29-25-46(26-30-48)60-58-44-21-15-40(38-56)16-22-44/h5-32H,3-4,33-36H2,1-2H3. The summed E-state index contributed by atoms with van der Waals surface area (Å²) in [5.41, 5.74) is 8.17. The highest BCUT2D eigenvalue weighted by molar-refractivity contribution is 6.09. The largest absolute Gasteiger partial charge is 0.491 e. The van der Waals surface area contributed by atoms with Crippen LogP contribution >= 0.6 is 0 Å². The molecule has 8 rings (SSSR count). The molecule has 0 aliphatic rings. The van der Waals surface area contributed by atoms with Crippen LogP contribution in [0.15, 0.2) is 190 Å². The maximum Gasteiger partial charge on any atom is 0.128 e. The number of benzene rings is 8. The third kappa shape index (κ3) is 10.1. The number of nitrogens with zero attached hydrogens (tertiary/aromatic N) is 8. The number of ether oxygens (including phenoxy) is 2. The second-order valence-electron chi connectivity index (χ2n) is 14.9. The first kappa shape index (κ1) is 42.4. The van der Waals surface area contributed by atoms with Crippen molar-refractivity contribution in [1.82, 2.24) is 0 Å². The van der Waals surface area contributed by atoms with E-state index in [-0.39, 0.29) is 0 Å².